The maximum atomic E-state index is 13.0. The van der Waals surface area contributed by atoms with Gasteiger partial charge in [-0.15, -0.1) is 0 Å². The summed E-state index contributed by atoms with van der Waals surface area (Å²) in [5.41, 5.74) is 4.88. The molecule has 0 unspecified atom stereocenters. The second-order valence-corrected chi connectivity index (χ2v) is 7.64. The lowest BCUT2D eigenvalue weighted by Crippen LogP contribution is -2.21. The number of nitriles is 1. The van der Waals surface area contributed by atoms with E-state index in [1.807, 2.05) is 48.5 Å². The first-order valence-electron chi connectivity index (χ1n) is 10.9. The zero-order chi connectivity index (χ0) is 21.3. The Balaban J connectivity index is 2.03. The third-order valence-electron chi connectivity index (χ3n) is 5.40. The van der Waals surface area contributed by atoms with Gasteiger partial charge in [-0.3, -0.25) is 4.79 Å². The monoisotopic (exact) mass is 399 g/mol. The van der Waals surface area contributed by atoms with Gasteiger partial charge in [-0.05, 0) is 36.0 Å². The molecule has 30 heavy (non-hydrogen) atoms. The summed E-state index contributed by atoms with van der Waals surface area (Å²) in [7, 11) is 0. The van der Waals surface area contributed by atoms with E-state index in [0.717, 1.165) is 66.7 Å². The van der Waals surface area contributed by atoms with E-state index in [2.05, 4.69) is 24.9 Å². The van der Waals surface area contributed by atoms with Gasteiger partial charge < -0.3 is 4.98 Å². The average Bonchev–Trinajstić information content (AvgIpc) is 2.78. The number of aromatic amines is 1. The topological polar surface area (TPSA) is 69.5 Å². The van der Waals surface area contributed by atoms with Gasteiger partial charge in [-0.2, -0.15) is 5.26 Å². The second kappa shape index (κ2) is 10.5. The van der Waals surface area contributed by atoms with Gasteiger partial charge in [-0.1, -0.05) is 75.2 Å². The maximum Gasteiger partial charge on any atom is 0.254 e. The van der Waals surface area contributed by atoms with Gasteiger partial charge in [0.1, 0.15) is 11.9 Å². The molecule has 0 radical (unpaired) electrons. The number of hydrogen-bond acceptors (Lipinski definition) is 3. The van der Waals surface area contributed by atoms with Crippen molar-refractivity contribution in [2.45, 2.75) is 58.8 Å². The number of unbranched alkanes of at least 4 members (excludes halogenated alkanes) is 2. The standard InChI is InChI=1S/C26H29N3O/c1-3-5-15-24-22(26(30)29-25(28-24)16-6-4-2)17-20-13-10-14-21(23(20)18-27)19-11-8-7-9-12-19/h7-14H,3-6,15-17H2,1-2H3,(H,28,29,30). The van der Waals surface area contributed by atoms with Crippen LogP contribution < -0.4 is 5.56 Å². The molecule has 1 aromatic heterocycles. The predicted molar refractivity (Wildman–Crippen MR) is 121 cm³/mol. The summed E-state index contributed by atoms with van der Waals surface area (Å²) in [5, 5.41) is 9.91. The largest absolute Gasteiger partial charge is 0.310 e. The molecule has 154 valence electrons. The van der Waals surface area contributed by atoms with E-state index in [1.165, 1.54) is 0 Å². The fourth-order valence-corrected chi connectivity index (χ4v) is 3.72. The van der Waals surface area contributed by atoms with Gasteiger partial charge in [0.05, 0.1) is 11.3 Å². The van der Waals surface area contributed by atoms with Crippen LogP contribution in [0.1, 0.15) is 67.7 Å². The lowest BCUT2D eigenvalue weighted by molar-refractivity contribution is 0.710. The molecule has 0 spiro atoms. The van der Waals surface area contributed by atoms with Crippen LogP contribution in [-0.4, -0.2) is 9.97 Å². The van der Waals surface area contributed by atoms with E-state index in [4.69, 9.17) is 4.98 Å². The third kappa shape index (κ3) is 5.04. The Bertz CT molecular complexity index is 1080. The van der Waals surface area contributed by atoms with Crippen LogP contribution in [0, 0.1) is 11.3 Å². The number of aryl methyl sites for hydroxylation is 2. The van der Waals surface area contributed by atoms with Crippen LogP contribution in [0.2, 0.25) is 0 Å². The molecule has 0 aliphatic carbocycles. The molecule has 0 saturated heterocycles. The van der Waals surface area contributed by atoms with Gasteiger partial charge in [-0.25, -0.2) is 4.98 Å². The number of rotatable bonds is 9. The lowest BCUT2D eigenvalue weighted by atomic mass is 9.92. The highest BCUT2D eigenvalue weighted by Crippen LogP contribution is 2.27. The molecule has 4 nitrogen and oxygen atoms in total. The number of benzene rings is 2. The molecule has 3 rings (SSSR count). The molecular weight excluding hydrogens is 370 g/mol. The van der Waals surface area contributed by atoms with Crippen molar-refractivity contribution in [3.8, 4) is 17.2 Å². The molecular formula is C26H29N3O. The zero-order valence-electron chi connectivity index (χ0n) is 17.9. The smallest absolute Gasteiger partial charge is 0.254 e. The summed E-state index contributed by atoms with van der Waals surface area (Å²) in [5.74, 6) is 0.773. The Morgan fingerprint density at radius 3 is 2.40 bits per heavy atom. The van der Waals surface area contributed by atoms with Crippen LogP contribution in [0.15, 0.2) is 53.3 Å². The van der Waals surface area contributed by atoms with Crippen LogP contribution in [0.3, 0.4) is 0 Å². The summed E-state index contributed by atoms with van der Waals surface area (Å²) < 4.78 is 0. The van der Waals surface area contributed by atoms with Crippen molar-refractivity contribution in [3.63, 3.8) is 0 Å². The van der Waals surface area contributed by atoms with Gasteiger partial charge in [0.15, 0.2) is 0 Å². The van der Waals surface area contributed by atoms with Crippen LogP contribution in [-0.2, 0) is 19.3 Å². The van der Waals surface area contributed by atoms with Crippen molar-refractivity contribution < 1.29 is 0 Å². The minimum absolute atomic E-state index is 0.0730. The van der Waals surface area contributed by atoms with Crippen LogP contribution >= 0.6 is 0 Å². The normalized spacial score (nSPS) is 10.7. The molecule has 0 aliphatic heterocycles. The SMILES string of the molecule is CCCCc1nc(CCCC)c(Cc2cccc(-c3ccccc3)c2C#N)c(=O)[nH]1. The average molecular weight is 400 g/mol. The van der Waals surface area contributed by atoms with Crippen molar-refractivity contribution in [1.29, 1.82) is 5.26 Å². The Morgan fingerprint density at radius 1 is 0.967 bits per heavy atom. The van der Waals surface area contributed by atoms with Crippen molar-refractivity contribution in [2.24, 2.45) is 0 Å². The Hall–Kier alpha value is -3.19. The van der Waals surface area contributed by atoms with Crippen molar-refractivity contribution in [3.05, 3.63) is 87.1 Å². The third-order valence-corrected chi connectivity index (χ3v) is 5.40. The fourth-order valence-electron chi connectivity index (χ4n) is 3.72. The van der Waals surface area contributed by atoms with Gasteiger partial charge in [0.2, 0.25) is 0 Å². The first kappa shape index (κ1) is 21.5. The molecule has 2 aromatic carbocycles. The summed E-state index contributed by atoms with van der Waals surface area (Å²) in [6, 6.07) is 18.1. The molecule has 0 atom stereocenters. The van der Waals surface area contributed by atoms with Gasteiger partial charge in [0, 0.05) is 18.4 Å². The quantitative estimate of drug-likeness (QED) is 0.510. The van der Waals surface area contributed by atoms with Crippen LogP contribution in [0.25, 0.3) is 11.1 Å². The Labute approximate surface area is 178 Å². The minimum Gasteiger partial charge on any atom is -0.310 e. The lowest BCUT2D eigenvalue weighted by Gasteiger charge is -2.13. The first-order chi connectivity index (χ1) is 14.7. The highest BCUT2D eigenvalue weighted by atomic mass is 16.1. The number of hydrogen-bond donors (Lipinski definition) is 1. The molecule has 0 aliphatic rings. The van der Waals surface area contributed by atoms with E-state index in [-0.39, 0.29) is 5.56 Å². The van der Waals surface area contributed by atoms with E-state index in [1.54, 1.807) is 0 Å². The van der Waals surface area contributed by atoms with Crippen molar-refractivity contribution in [2.75, 3.05) is 0 Å². The van der Waals surface area contributed by atoms with Gasteiger partial charge in [0.25, 0.3) is 5.56 Å². The van der Waals surface area contributed by atoms with Crippen LogP contribution in [0.5, 0.6) is 0 Å². The van der Waals surface area contributed by atoms with E-state index in [9.17, 15) is 10.1 Å². The summed E-state index contributed by atoms with van der Waals surface area (Å²) in [6.45, 7) is 4.27. The highest BCUT2D eigenvalue weighted by molar-refractivity contribution is 5.72. The van der Waals surface area contributed by atoms with Crippen LogP contribution in [0.4, 0.5) is 0 Å². The van der Waals surface area contributed by atoms with Gasteiger partial charge >= 0.3 is 0 Å². The van der Waals surface area contributed by atoms with E-state index < -0.39 is 0 Å². The highest BCUT2D eigenvalue weighted by Gasteiger charge is 2.16. The number of nitrogens with zero attached hydrogens (tertiary/aromatic N) is 2. The van der Waals surface area contributed by atoms with E-state index >= 15 is 0 Å². The predicted octanol–water partition coefficient (Wildman–Crippen LogP) is 5.58. The maximum absolute atomic E-state index is 13.0. The van der Waals surface area contributed by atoms with Crippen molar-refractivity contribution in [1.82, 2.24) is 9.97 Å². The molecule has 1 N–H and O–H groups in total. The molecule has 0 saturated carbocycles. The van der Waals surface area contributed by atoms with E-state index in [0.29, 0.717) is 17.5 Å². The summed E-state index contributed by atoms with van der Waals surface area (Å²) in [4.78, 5) is 20.8. The summed E-state index contributed by atoms with van der Waals surface area (Å²) in [6.07, 6.45) is 6.10. The molecule has 0 fully saturated rings. The Morgan fingerprint density at radius 2 is 1.70 bits per heavy atom. The molecule has 4 heteroatoms. The Kier molecular flexibility index (Phi) is 7.57. The molecule has 1 heterocycles. The molecule has 3 aromatic rings. The molecule has 0 bridgehead atoms. The molecule has 0 amide bonds. The number of aromatic nitrogens is 2. The summed E-state index contributed by atoms with van der Waals surface area (Å²) >= 11 is 0. The number of H-pyrrole nitrogens is 1. The van der Waals surface area contributed by atoms with Crippen molar-refractivity contribution >= 4 is 0 Å². The zero-order valence-corrected chi connectivity index (χ0v) is 17.9. The fraction of sp³-hybridized carbons (Fsp3) is 0.346. The minimum atomic E-state index is -0.0730. The first-order valence-corrected chi connectivity index (χ1v) is 10.9. The number of nitrogens with one attached hydrogen (secondary N) is 1. The second-order valence-electron chi connectivity index (χ2n) is 7.64.